The minimum Gasteiger partial charge on any atom is -0.412 e. The summed E-state index contributed by atoms with van der Waals surface area (Å²) < 4.78 is 6.04. The molecular weight excluding hydrogens is 248 g/mol. The standard InChI is InChI=1S/C8H12N4O5.H2O/c9-7-10-2-12(8(16)11-7)6-5(15)4(14)3(1-13)17-6;/h2-6,13-15H,1H2,(H2,9,11,16);1H2/t3-,4?,5?,6-;/m1./s1. The fraction of sp³-hybridized carbons (Fsp3) is 0.625. The number of aliphatic hydroxyl groups is 3. The maximum atomic E-state index is 11.5. The first-order valence-corrected chi connectivity index (χ1v) is 4.87. The molecular formula is C8H14N4O6. The molecule has 7 N–H and O–H groups in total. The number of aromatic nitrogens is 3. The predicted molar refractivity (Wildman–Crippen MR) is 57.3 cm³/mol. The number of hydrogen-bond donors (Lipinski definition) is 4. The second-order valence-electron chi connectivity index (χ2n) is 3.63. The van der Waals surface area contributed by atoms with Crippen molar-refractivity contribution in [3.05, 3.63) is 16.8 Å². The molecule has 1 saturated heterocycles. The summed E-state index contributed by atoms with van der Waals surface area (Å²) >= 11 is 0. The van der Waals surface area contributed by atoms with Crippen LogP contribution in [-0.2, 0) is 4.74 Å². The molecule has 2 rings (SSSR count). The van der Waals surface area contributed by atoms with Gasteiger partial charge in [-0.1, -0.05) is 0 Å². The summed E-state index contributed by atoms with van der Waals surface area (Å²) in [7, 11) is 0. The van der Waals surface area contributed by atoms with E-state index in [0.717, 1.165) is 10.9 Å². The van der Waals surface area contributed by atoms with E-state index in [1.807, 2.05) is 0 Å². The maximum absolute atomic E-state index is 11.5. The van der Waals surface area contributed by atoms with Crippen LogP contribution in [0.1, 0.15) is 6.23 Å². The van der Waals surface area contributed by atoms with Gasteiger partial charge in [0.1, 0.15) is 24.6 Å². The molecule has 4 atom stereocenters. The number of nitrogen functional groups attached to an aromatic ring is 1. The molecule has 0 bridgehead atoms. The van der Waals surface area contributed by atoms with Gasteiger partial charge in [-0.3, -0.25) is 4.57 Å². The van der Waals surface area contributed by atoms with Crippen molar-refractivity contribution < 1.29 is 25.5 Å². The molecule has 2 heterocycles. The lowest BCUT2D eigenvalue weighted by molar-refractivity contribution is -0.0554. The average molecular weight is 262 g/mol. The van der Waals surface area contributed by atoms with E-state index in [1.54, 1.807) is 0 Å². The van der Waals surface area contributed by atoms with E-state index in [2.05, 4.69) is 9.97 Å². The molecule has 10 heteroatoms. The molecule has 2 unspecified atom stereocenters. The Kier molecular flexibility index (Phi) is 4.32. The molecule has 0 aromatic carbocycles. The van der Waals surface area contributed by atoms with Crippen molar-refractivity contribution in [3.63, 3.8) is 0 Å². The minimum atomic E-state index is -1.35. The summed E-state index contributed by atoms with van der Waals surface area (Å²) in [6, 6.07) is 0. The summed E-state index contributed by atoms with van der Waals surface area (Å²) in [6.45, 7) is -0.473. The van der Waals surface area contributed by atoms with Gasteiger partial charge >= 0.3 is 5.69 Å². The number of ether oxygens (including phenoxy) is 1. The fourth-order valence-corrected chi connectivity index (χ4v) is 1.64. The van der Waals surface area contributed by atoms with Crippen LogP contribution < -0.4 is 11.4 Å². The lowest BCUT2D eigenvalue weighted by Gasteiger charge is -2.16. The van der Waals surface area contributed by atoms with Gasteiger partial charge in [0.05, 0.1) is 6.61 Å². The average Bonchev–Trinajstić information content (AvgIpc) is 2.57. The number of anilines is 1. The molecule has 1 aromatic rings. The smallest absolute Gasteiger partial charge is 0.354 e. The summed E-state index contributed by atoms with van der Waals surface area (Å²) in [4.78, 5) is 18.4. The van der Waals surface area contributed by atoms with Gasteiger partial charge in [-0.25, -0.2) is 9.78 Å². The highest BCUT2D eigenvalue weighted by Crippen LogP contribution is 2.27. The van der Waals surface area contributed by atoms with Crippen LogP contribution in [0.2, 0.25) is 0 Å². The van der Waals surface area contributed by atoms with Crippen LogP contribution in [0.15, 0.2) is 11.1 Å². The molecule has 0 saturated carbocycles. The number of nitrogens with zero attached hydrogens (tertiary/aromatic N) is 3. The van der Waals surface area contributed by atoms with Crippen LogP contribution in [0, 0.1) is 0 Å². The lowest BCUT2D eigenvalue weighted by Crippen LogP contribution is -2.36. The Morgan fingerprint density at radius 2 is 2.11 bits per heavy atom. The third-order valence-corrected chi connectivity index (χ3v) is 2.54. The van der Waals surface area contributed by atoms with Crippen molar-refractivity contribution in [2.24, 2.45) is 0 Å². The predicted octanol–water partition coefficient (Wildman–Crippen LogP) is -3.99. The molecule has 0 aliphatic carbocycles. The summed E-state index contributed by atoms with van der Waals surface area (Å²) in [5.74, 6) is -0.196. The van der Waals surface area contributed by atoms with E-state index < -0.39 is 36.8 Å². The second-order valence-corrected chi connectivity index (χ2v) is 3.63. The molecule has 18 heavy (non-hydrogen) atoms. The molecule has 1 aliphatic heterocycles. The number of rotatable bonds is 2. The van der Waals surface area contributed by atoms with Gasteiger partial charge in [0.2, 0.25) is 5.95 Å². The molecule has 0 spiro atoms. The van der Waals surface area contributed by atoms with E-state index in [1.165, 1.54) is 0 Å². The van der Waals surface area contributed by atoms with Gasteiger partial charge in [0, 0.05) is 0 Å². The van der Waals surface area contributed by atoms with Crippen LogP contribution in [0.5, 0.6) is 0 Å². The highest BCUT2D eigenvalue weighted by atomic mass is 16.6. The monoisotopic (exact) mass is 262 g/mol. The van der Waals surface area contributed by atoms with Gasteiger partial charge in [-0.2, -0.15) is 4.98 Å². The van der Waals surface area contributed by atoms with Gasteiger partial charge in [0.15, 0.2) is 6.23 Å². The number of aliphatic hydroxyl groups excluding tert-OH is 3. The summed E-state index contributed by atoms with van der Waals surface area (Å²) in [6.07, 6.45) is -3.67. The van der Waals surface area contributed by atoms with Gasteiger partial charge < -0.3 is 31.3 Å². The van der Waals surface area contributed by atoms with Crippen LogP contribution in [0.25, 0.3) is 0 Å². The lowest BCUT2D eigenvalue weighted by atomic mass is 10.1. The van der Waals surface area contributed by atoms with Gasteiger partial charge in [-0.05, 0) is 0 Å². The SMILES string of the molecule is Nc1ncn([C@@H]2O[C@H](CO)C(O)C2O)c(=O)n1.O. The van der Waals surface area contributed by atoms with Gasteiger partial charge in [-0.15, -0.1) is 0 Å². The minimum absolute atomic E-state index is 0. The van der Waals surface area contributed by atoms with Crippen molar-refractivity contribution in [3.8, 4) is 0 Å². The van der Waals surface area contributed by atoms with E-state index >= 15 is 0 Å². The Hall–Kier alpha value is -1.59. The highest BCUT2D eigenvalue weighted by Gasteiger charge is 2.43. The molecule has 1 fully saturated rings. The van der Waals surface area contributed by atoms with E-state index in [-0.39, 0.29) is 11.4 Å². The van der Waals surface area contributed by atoms with Crippen LogP contribution in [-0.4, -0.2) is 60.2 Å². The Balaban J connectivity index is 0.00000162. The zero-order valence-corrected chi connectivity index (χ0v) is 9.17. The Morgan fingerprint density at radius 3 is 2.61 bits per heavy atom. The zero-order valence-electron chi connectivity index (χ0n) is 9.17. The number of hydrogen-bond acceptors (Lipinski definition) is 8. The van der Waals surface area contributed by atoms with Crippen molar-refractivity contribution >= 4 is 5.95 Å². The first-order valence-electron chi connectivity index (χ1n) is 4.87. The molecule has 0 amide bonds. The molecule has 102 valence electrons. The largest absolute Gasteiger partial charge is 0.412 e. The summed E-state index contributed by atoms with van der Waals surface area (Å²) in [5, 5.41) is 28.1. The summed E-state index contributed by atoms with van der Waals surface area (Å²) in [5.41, 5.74) is 4.46. The molecule has 0 radical (unpaired) electrons. The van der Waals surface area contributed by atoms with Crippen molar-refractivity contribution in [1.82, 2.24) is 14.5 Å². The third-order valence-electron chi connectivity index (χ3n) is 2.54. The Morgan fingerprint density at radius 1 is 1.44 bits per heavy atom. The van der Waals surface area contributed by atoms with Crippen molar-refractivity contribution in [1.29, 1.82) is 0 Å². The molecule has 1 aliphatic rings. The molecule has 1 aromatic heterocycles. The Bertz CT molecular complexity index is 465. The van der Waals surface area contributed by atoms with Crippen LogP contribution >= 0.6 is 0 Å². The third kappa shape index (κ3) is 2.32. The van der Waals surface area contributed by atoms with Crippen molar-refractivity contribution in [2.45, 2.75) is 24.5 Å². The van der Waals surface area contributed by atoms with Crippen LogP contribution in [0.3, 0.4) is 0 Å². The normalized spacial score (nSPS) is 31.1. The van der Waals surface area contributed by atoms with E-state index in [0.29, 0.717) is 0 Å². The van der Waals surface area contributed by atoms with Crippen LogP contribution in [0.4, 0.5) is 5.95 Å². The number of nitrogens with two attached hydrogens (primary N) is 1. The first-order chi connectivity index (χ1) is 8.04. The van der Waals surface area contributed by atoms with Gasteiger partial charge in [0.25, 0.3) is 0 Å². The highest BCUT2D eigenvalue weighted by molar-refractivity contribution is 5.10. The van der Waals surface area contributed by atoms with E-state index in [9.17, 15) is 15.0 Å². The quantitative estimate of drug-likeness (QED) is 0.417. The molecule has 10 nitrogen and oxygen atoms in total. The fourth-order valence-electron chi connectivity index (χ4n) is 1.64. The van der Waals surface area contributed by atoms with Crippen molar-refractivity contribution in [2.75, 3.05) is 12.3 Å². The first kappa shape index (κ1) is 14.5. The maximum Gasteiger partial charge on any atom is 0.354 e. The second kappa shape index (κ2) is 5.37. The Labute approximate surface area is 101 Å². The zero-order chi connectivity index (χ0) is 12.6. The van der Waals surface area contributed by atoms with E-state index in [4.69, 9.17) is 15.6 Å². The topological polar surface area (TPSA) is 175 Å².